The summed E-state index contributed by atoms with van der Waals surface area (Å²) in [7, 11) is 0. The number of H-pyrrole nitrogens is 1. The molecule has 0 radical (unpaired) electrons. The Morgan fingerprint density at radius 2 is 1.96 bits per heavy atom. The number of halogens is 1. The molecule has 0 amide bonds. The Morgan fingerprint density at radius 1 is 1.09 bits per heavy atom. The molecule has 0 unspecified atom stereocenters. The molecule has 1 aromatic heterocycles. The maximum Gasteiger partial charge on any atom is 0.0497 e. The SMILES string of the molecule is CCc1ccc2[nH]c(-c3cccc(I)c3)c(CCCCN)c2c1. The molecule has 0 saturated heterocycles. The summed E-state index contributed by atoms with van der Waals surface area (Å²) in [5.41, 5.74) is 12.3. The third kappa shape index (κ3) is 3.61. The van der Waals surface area contributed by atoms with Crippen LogP contribution < -0.4 is 5.73 Å². The third-order valence-electron chi connectivity index (χ3n) is 4.37. The lowest BCUT2D eigenvalue weighted by atomic mass is 9.99. The molecule has 0 atom stereocenters. The molecule has 0 aliphatic heterocycles. The summed E-state index contributed by atoms with van der Waals surface area (Å²) in [6.07, 6.45) is 4.36. The summed E-state index contributed by atoms with van der Waals surface area (Å²) < 4.78 is 1.26. The fourth-order valence-corrected chi connectivity index (χ4v) is 3.65. The fraction of sp³-hybridized carbons (Fsp3) is 0.300. The van der Waals surface area contributed by atoms with Gasteiger partial charge in [-0.2, -0.15) is 0 Å². The predicted octanol–water partition coefficient (Wildman–Crippen LogP) is 5.28. The van der Waals surface area contributed by atoms with Crippen molar-refractivity contribution in [2.75, 3.05) is 6.54 Å². The second-order valence-corrected chi connectivity index (χ2v) is 7.21. The van der Waals surface area contributed by atoms with Crippen molar-refractivity contribution in [3.05, 3.63) is 57.2 Å². The van der Waals surface area contributed by atoms with Crippen LogP contribution in [0.1, 0.15) is 30.9 Å². The van der Waals surface area contributed by atoms with Crippen molar-refractivity contribution in [1.82, 2.24) is 4.98 Å². The van der Waals surface area contributed by atoms with Gasteiger partial charge in [0.1, 0.15) is 0 Å². The minimum absolute atomic E-state index is 0.765. The monoisotopic (exact) mass is 418 g/mol. The number of fused-ring (bicyclic) bond motifs is 1. The predicted molar refractivity (Wildman–Crippen MR) is 108 cm³/mol. The van der Waals surface area contributed by atoms with Crippen molar-refractivity contribution in [3.63, 3.8) is 0 Å². The first kappa shape index (κ1) is 16.5. The number of nitrogens with two attached hydrogens (primary N) is 1. The van der Waals surface area contributed by atoms with E-state index in [4.69, 9.17) is 5.73 Å². The van der Waals surface area contributed by atoms with Gasteiger partial charge in [-0.15, -0.1) is 0 Å². The first-order valence-electron chi connectivity index (χ1n) is 8.32. The van der Waals surface area contributed by atoms with Crippen LogP contribution in [0.5, 0.6) is 0 Å². The number of aryl methyl sites for hydroxylation is 2. The first-order chi connectivity index (χ1) is 11.2. The van der Waals surface area contributed by atoms with E-state index < -0.39 is 0 Å². The molecule has 3 aromatic rings. The average molecular weight is 418 g/mol. The number of hydrogen-bond donors (Lipinski definition) is 2. The zero-order valence-corrected chi connectivity index (χ0v) is 15.7. The van der Waals surface area contributed by atoms with Crippen LogP contribution in [0, 0.1) is 3.57 Å². The van der Waals surface area contributed by atoms with Gasteiger partial charge in [0.25, 0.3) is 0 Å². The lowest BCUT2D eigenvalue weighted by molar-refractivity contribution is 0.748. The molecular weight excluding hydrogens is 395 g/mol. The molecule has 23 heavy (non-hydrogen) atoms. The Morgan fingerprint density at radius 3 is 2.70 bits per heavy atom. The van der Waals surface area contributed by atoms with E-state index in [-0.39, 0.29) is 0 Å². The van der Waals surface area contributed by atoms with Crippen molar-refractivity contribution < 1.29 is 0 Å². The summed E-state index contributed by atoms with van der Waals surface area (Å²) in [6.45, 7) is 2.98. The molecule has 1 heterocycles. The van der Waals surface area contributed by atoms with Gasteiger partial charge >= 0.3 is 0 Å². The van der Waals surface area contributed by atoms with Crippen molar-refractivity contribution in [2.45, 2.75) is 32.6 Å². The molecule has 120 valence electrons. The Kier molecular flexibility index (Phi) is 5.38. The number of nitrogens with one attached hydrogen (secondary N) is 1. The van der Waals surface area contributed by atoms with Crippen molar-refractivity contribution in [2.24, 2.45) is 5.73 Å². The van der Waals surface area contributed by atoms with Gasteiger partial charge in [0.15, 0.2) is 0 Å². The summed E-state index contributed by atoms with van der Waals surface area (Å²) in [5.74, 6) is 0. The van der Waals surface area contributed by atoms with Crippen LogP contribution in [-0.2, 0) is 12.8 Å². The minimum atomic E-state index is 0.765. The highest BCUT2D eigenvalue weighted by Crippen LogP contribution is 2.33. The number of hydrogen-bond acceptors (Lipinski definition) is 1. The maximum absolute atomic E-state index is 5.69. The quantitative estimate of drug-likeness (QED) is 0.415. The van der Waals surface area contributed by atoms with Gasteiger partial charge in [-0.05, 0) is 95.8 Å². The molecular formula is C20H23IN2. The molecule has 0 spiro atoms. The van der Waals surface area contributed by atoms with Crippen LogP contribution in [0.4, 0.5) is 0 Å². The van der Waals surface area contributed by atoms with E-state index in [1.807, 2.05) is 0 Å². The van der Waals surface area contributed by atoms with Crippen LogP contribution in [-0.4, -0.2) is 11.5 Å². The van der Waals surface area contributed by atoms with E-state index in [0.717, 1.165) is 32.2 Å². The molecule has 3 N–H and O–H groups in total. The number of aromatic amines is 1. The normalized spacial score (nSPS) is 11.3. The fourth-order valence-electron chi connectivity index (χ4n) is 3.11. The van der Waals surface area contributed by atoms with Gasteiger partial charge < -0.3 is 10.7 Å². The Balaban J connectivity index is 2.13. The molecule has 0 fully saturated rings. The Bertz CT molecular complexity index is 805. The number of unbranched alkanes of at least 4 members (excludes halogenated alkanes) is 1. The van der Waals surface area contributed by atoms with Crippen molar-refractivity contribution in [1.29, 1.82) is 0 Å². The average Bonchev–Trinajstić information content (AvgIpc) is 2.93. The highest BCUT2D eigenvalue weighted by molar-refractivity contribution is 14.1. The number of rotatable bonds is 6. The van der Waals surface area contributed by atoms with Crippen LogP contribution in [0.3, 0.4) is 0 Å². The van der Waals surface area contributed by atoms with Crippen LogP contribution >= 0.6 is 22.6 Å². The lowest BCUT2D eigenvalue weighted by Crippen LogP contribution is -1.99. The van der Waals surface area contributed by atoms with Gasteiger partial charge in [0.2, 0.25) is 0 Å². The highest BCUT2D eigenvalue weighted by Gasteiger charge is 2.13. The molecule has 2 aromatic carbocycles. The lowest BCUT2D eigenvalue weighted by Gasteiger charge is -2.06. The zero-order chi connectivity index (χ0) is 16.2. The molecule has 3 heteroatoms. The smallest absolute Gasteiger partial charge is 0.0497 e. The van der Waals surface area contributed by atoms with Crippen LogP contribution in [0.15, 0.2) is 42.5 Å². The highest BCUT2D eigenvalue weighted by atomic mass is 127. The summed E-state index contributed by atoms with van der Waals surface area (Å²) in [4.78, 5) is 3.65. The van der Waals surface area contributed by atoms with E-state index in [9.17, 15) is 0 Å². The van der Waals surface area contributed by atoms with E-state index in [1.54, 1.807) is 0 Å². The first-order valence-corrected chi connectivity index (χ1v) is 9.40. The molecule has 0 aliphatic carbocycles. The molecule has 0 aliphatic rings. The second-order valence-electron chi connectivity index (χ2n) is 5.97. The van der Waals surface area contributed by atoms with E-state index in [1.165, 1.54) is 36.9 Å². The van der Waals surface area contributed by atoms with Gasteiger partial charge in [0.05, 0.1) is 0 Å². The van der Waals surface area contributed by atoms with Crippen LogP contribution in [0.25, 0.3) is 22.2 Å². The second kappa shape index (κ2) is 7.49. The largest absolute Gasteiger partial charge is 0.354 e. The van der Waals surface area contributed by atoms with Crippen molar-refractivity contribution >= 4 is 33.5 Å². The number of aromatic nitrogens is 1. The number of benzene rings is 2. The molecule has 3 rings (SSSR count). The summed E-state index contributed by atoms with van der Waals surface area (Å²) >= 11 is 2.38. The Labute approximate surface area is 151 Å². The van der Waals surface area contributed by atoms with Crippen LogP contribution in [0.2, 0.25) is 0 Å². The summed E-state index contributed by atoms with van der Waals surface area (Å²) in [6, 6.07) is 15.5. The molecule has 0 saturated carbocycles. The minimum Gasteiger partial charge on any atom is -0.354 e. The van der Waals surface area contributed by atoms with Gasteiger partial charge in [-0.1, -0.05) is 25.1 Å². The zero-order valence-electron chi connectivity index (χ0n) is 13.5. The van der Waals surface area contributed by atoms with Crippen molar-refractivity contribution in [3.8, 4) is 11.3 Å². The maximum atomic E-state index is 5.69. The standard InChI is InChI=1S/C20H23IN2/c1-2-14-9-10-19-18(12-14)17(8-3-4-11-22)20(23-19)15-6-5-7-16(21)13-15/h5-7,9-10,12-13,23H,2-4,8,11,22H2,1H3. The van der Waals surface area contributed by atoms with E-state index >= 15 is 0 Å². The van der Waals surface area contributed by atoms with E-state index in [2.05, 4.69) is 77.0 Å². The van der Waals surface area contributed by atoms with Gasteiger partial charge in [-0.3, -0.25) is 0 Å². The molecule has 2 nitrogen and oxygen atoms in total. The van der Waals surface area contributed by atoms with E-state index in [0.29, 0.717) is 0 Å². The topological polar surface area (TPSA) is 41.8 Å². The van der Waals surface area contributed by atoms with Gasteiger partial charge in [0, 0.05) is 20.2 Å². The van der Waals surface area contributed by atoms with Gasteiger partial charge in [-0.25, -0.2) is 0 Å². The summed E-state index contributed by atoms with van der Waals surface area (Å²) in [5, 5.41) is 1.37. The third-order valence-corrected chi connectivity index (χ3v) is 5.04. The Hall–Kier alpha value is -1.33. The molecule has 0 bridgehead atoms.